The Morgan fingerprint density at radius 3 is 2.74 bits per heavy atom. The van der Waals surface area contributed by atoms with Crippen molar-refractivity contribution in [3.8, 4) is 11.4 Å². The predicted octanol–water partition coefficient (Wildman–Crippen LogP) is 2.77. The van der Waals surface area contributed by atoms with Crippen molar-refractivity contribution in [2.45, 2.75) is 19.9 Å². The lowest BCUT2D eigenvalue weighted by atomic mass is 10.3. The third-order valence-corrected chi connectivity index (χ3v) is 3.97. The Labute approximate surface area is 159 Å². The van der Waals surface area contributed by atoms with Crippen LogP contribution in [0.4, 0.5) is 0 Å². The van der Waals surface area contributed by atoms with E-state index in [-0.39, 0.29) is 0 Å². The standard InChI is InChI=1S/C20H25N5O2/c1-3-21-20(22-12-10-19-5-4-14-27-19)23-15-16-11-13-25(24-16)17-6-8-18(26-2)9-7-17/h4-9,11,13-14H,3,10,12,15H2,1-2H3,(H2,21,22,23). The summed E-state index contributed by atoms with van der Waals surface area (Å²) < 4.78 is 12.4. The Bertz CT molecular complexity index is 838. The molecule has 0 aliphatic heterocycles. The van der Waals surface area contributed by atoms with E-state index in [1.165, 1.54) is 0 Å². The summed E-state index contributed by atoms with van der Waals surface area (Å²) in [5, 5.41) is 11.1. The number of furan rings is 1. The molecule has 0 aliphatic carbocycles. The van der Waals surface area contributed by atoms with Crippen molar-refractivity contribution >= 4 is 5.96 Å². The van der Waals surface area contributed by atoms with E-state index in [9.17, 15) is 0 Å². The van der Waals surface area contributed by atoms with E-state index in [1.54, 1.807) is 13.4 Å². The van der Waals surface area contributed by atoms with Crippen molar-refractivity contribution in [2.24, 2.45) is 4.99 Å². The molecule has 3 rings (SSSR count). The fraction of sp³-hybridized carbons (Fsp3) is 0.300. The molecule has 1 aromatic carbocycles. The normalized spacial score (nSPS) is 11.4. The van der Waals surface area contributed by atoms with Crippen LogP contribution in [0.1, 0.15) is 18.4 Å². The summed E-state index contributed by atoms with van der Waals surface area (Å²) in [7, 11) is 1.66. The van der Waals surface area contributed by atoms with Crippen molar-refractivity contribution in [3.63, 3.8) is 0 Å². The molecule has 7 heteroatoms. The molecule has 0 atom stereocenters. The Morgan fingerprint density at radius 1 is 1.19 bits per heavy atom. The van der Waals surface area contributed by atoms with Crippen LogP contribution in [-0.4, -0.2) is 35.9 Å². The highest BCUT2D eigenvalue weighted by Crippen LogP contribution is 2.14. The average molecular weight is 367 g/mol. The molecule has 7 nitrogen and oxygen atoms in total. The third kappa shape index (κ3) is 5.37. The van der Waals surface area contributed by atoms with Crippen molar-refractivity contribution in [2.75, 3.05) is 20.2 Å². The van der Waals surface area contributed by atoms with Crippen molar-refractivity contribution < 1.29 is 9.15 Å². The highest BCUT2D eigenvalue weighted by Gasteiger charge is 2.03. The van der Waals surface area contributed by atoms with Crippen molar-refractivity contribution in [1.82, 2.24) is 20.4 Å². The molecule has 0 aliphatic rings. The van der Waals surface area contributed by atoms with Crippen LogP contribution in [0.25, 0.3) is 5.69 Å². The predicted molar refractivity (Wildman–Crippen MR) is 105 cm³/mol. The quantitative estimate of drug-likeness (QED) is 0.473. The lowest BCUT2D eigenvalue weighted by Crippen LogP contribution is -2.38. The largest absolute Gasteiger partial charge is 0.497 e. The zero-order valence-electron chi connectivity index (χ0n) is 15.7. The van der Waals surface area contributed by atoms with Gasteiger partial charge in [-0.15, -0.1) is 0 Å². The highest BCUT2D eigenvalue weighted by atomic mass is 16.5. The summed E-state index contributed by atoms with van der Waals surface area (Å²) in [4.78, 5) is 4.60. The number of rotatable bonds is 8. The first kappa shape index (κ1) is 18.6. The first-order valence-corrected chi connectivity index (χ1v) is 9.02. The van der Waals surface area contributed by atoms with E-state index in [0.717, 1.165) is 48.4 Å². The molecule has 27 heavy (non-hydrogen) atoms. The van der Waals surface area contributed by atoms with Gasteiger partial charge in [0.1, 0.15) is 11.5 Å². The third-order valence-electron chi connectivity index (χ3n) is 3.97. The van der Waals surface area contributed by atoms with E-state index in [2.05, 4.69) is 20.7 Å². The summed E-state index contributed by atoms with van der Waals surface area (Å²) in [6.07, 6.45) is 4.43. The maximum atomic E-state index is 5.34. The monoisotopic (exact) mass is 367 g/mol. The fourth-order valence-electron chi connectivity index (χ4n) is 2.59. The lowest BCUT2D eigenvalue weighted by molar-refractivity contribution is 0.414. The van der Waals surface area contributed by atoms with Gasteiger partial charge in [0, 0.05) is 25.7 Å². The Balaban J connectivity index is 1.57. The molecule has 2 N–H and O–H groups in total. The van der Waals surface area contributed by atoms with Gasteiger partial charge in [-0.05, 0) is 49.4 Å². The molecule has 142 valence electrons. The second kappa shape index (κ2) is 9.47. The smallest absolute Gasteiger partial charge is 0.191 e. The number of nitrogens with zero attached hydrogens (tertiary/aromatic N) is 3. The van der Waals surface area contributed by atoms with Crippen LogP contribution in [-0.2, 0) is 13.0 Å². The Hall–Kier alpha value is -3.22. The van der Waals surface area contributed by atoms with Crippen LogP contribution in [0.5, 0.6) is 5.75 Å². The molecule has 0 fully saturated rings. The van der Waals surface area contributed by atoms with Gasteiger partial charge in [0.05, 0.1) is 31.3 Å². The molecule has 0 radical (unpaired) electrons. The average Bonchev–Trinajstić information content (AvgIpc) is 3.38. The summed E-state index contributed by atoms with van der Waals surface area (Å²) >= 11 is 0. The molecule has 2 aromatic heterocycles. The van der Waals surface area contributed by atoms with Crippen LogP contribution >= 0.6 is 0 Å². The zero-order chi connectivity index (χ0) is 18.9. The number of hydrogen-bond acceptors (Lipinski definition) is 4. The van der Waals surface area contributed by atoms with E-state index in [4.69, 9.17) is 9.15 Å². The van der Waals surface area contributed by atoms with E-state index in [0.29, 0.717) is 6.54 Å². The molecule has 0 amide bonds. The molecule has 0 spiro atoms. The summed E-state index contributed by atoms with van der Waals surface area (Å²) in [5.41, 5.74) is 1.88. The van der Waals surface area contributed by atoms with Crippen molar-refractivity contribution in [1.29, 1.82) is 0 Å². The minimum atomic E-state index is 0.499. The summed E-state index contributed by atoms with van der Waals surface area (Å²) in [6.45, 7) is 4.09. The van der Waals surface area contributed by atoms with Gasteiger partial charge >= 0.3 is 0 Å². The van der Waals surface area contributed by atoms with Gasteiger partial charge in [-0.3, -0.25) is 0 Å². The van der Waals surface area contributed by atoms with Crippen LogP contribution in [0.15, 0.2) is 64.3 Å². The second-order valence-electron chi connectivity index (χ2n) is 5.90. The molecule has 2 heterocycles. The van der Waals surface area contributed by atoms with Gasteiger partial charge in [-0.2, -0.15) is 5.10 Å². The molecular formula is C20H25N5O2. The van der Waals surface area contributed by atoms with Gasteiger partial charge in [0.15, 0.2) is 5.96 Å². The number of aromatic nitrogens is 2. The highest BCUT2D eigenvalue weighted by molar-refractivity contribution is 5.79. The van der Waals surface area contributed by atoms with E-state index < -0.39 is 0 Å². The van der Waals surface area contributed by atoms with Crippen LogP contribution in [0, 0.1) is 0 Å². The molecular weight excluding hydrogens is 342 g/mol. The van der Waals surface area contributed by atoms with Crippen LogP contribution < -0.4 is 15.4 Å². The summed E-state index contributed by atoms with van der Waals surface area (Å²) in [5.74, 6) is 2.55. The second-order valence-corrected chi connectivity index (χ2v) is 5.90. The van der Waals surface area contributed by atoms with Gasteiger partial charge in [0.25, 0.3) is 0 Å². The van der Waals surface area contributed by atoms with Crippen molar-refractivity contribution in [3.05, 3.63) is 66.4 Å². The van der Waals surface area contributed by atoms with Gasteiger partial charge < -0.3 is 19.8 Å². The molecule has 3 aromatic rings. The fourth-order valence-corrected chi connectivity index (χ4v) is 2.59. The number of benzene rings is 1. The van der Waals surface area contributed by atoms with E-state index >= 15 is 0 Å². The number of hydrogen-bond donors (Lipinski definition) is 2. The van der Waals surface area contributed by atoms with E-state index in [1.807, 2.05) is 60.3 Å². The number of guanidine groups is 1. The Morgan fingerprint density at radius 2 is 2.04 bits per heavy atom. The zero-order valence-corrected chi connectivity index (χ0v) is 15.7. The van der Waals surface area contributed by atoms with Gasteiger partial charge in [-0.1, -0.05) is 0 Å². The maximum absolute atomic E-state index is 5.34. The minimum absolute atomic E-state index is 0.499. The number of methoxy groups -OCH3 is 1. The maximum Gasteiger partial charge on any atom is 0.191 e. The number of ether oxygens (including phenoxy) is 1. The number of aliphatic imine (C=N–C) groups is 1. The molecule has 0 saturated carbocycles. The topological polar surface area (TPSA) is 76.6 Å². The van der Waals surface area contributed by atoms with Crippen LogP contribution in [0.2, 0.25) is 0 Å². The lowest BCUT2D eigenvalue weighted by Gasteiger charge is -2.10. The van der Waals surface area contributed by atoms with Gasteiger partial charge in [0.2, 0.25) is 0 Å². The number of nitrogens with one attached hydrogen (secondary N) is 2. The minimum Gasteiger partial charge on any atom is -0.497 e. The SMILES string of the molecule is CCNC(=NCc1ccn(-c2ccc(OC)cc2)n1)NCCc1ccco1. The molecule has 0 saturated heterocycles. The first-order chi connectivity index (χ1) is 13.3. The van der Waals surface area contributed by atoms with Gasteiger partial charge in [-0.25, -0.2) is 9.67 Å². The molecule has 0 unspecified atom stereocenters. The van der Waals surface area contributed by atoms with Crippen LogP contribution in [0.3, 0.4) is 0 Å². The Kier molecular flexibility index (Phi) is 6.51. The first-order valence-electron chi connectivity index (χ1n) is 9.02. The molecule has 0 bridgehead atoms. The summed E-state index contributed by atoms with van der Waals surface area (Å²) in [6, 6.07) is 13.6.